The van der Waals surface area contributed by atoms with Crippen molar-refractivity contribution in [1.82, 2.24) is 4.90 Å². The Morgan fingerprint density at radius 3 is 2.47 bits per heavy atom. The van der Waals surface area contributed by atoms with Gasteiger partial charge in [-0.05, 0) is 54.6 Å². The molecular weight excluding hydrogens is 449 g/mol. The minimum atomic E-state index is -0.469. The maximum Gasteiger partial charge on any atom is 0.308 e. The molecule has 0 unspecified atom stereocenters. The first-order valence-electron chi connectivity index (χ1n) is 8.93. The summed E-state index contributed by atoms with van der Waals surface area (Å²) < 4.78 is 10.6. The van der Waals surface area contributed by atoms with Gasteiger partial charge in [0.15, 0.2) is 11.5 Å². The lowest BCUT2D eigenvalue weighted by atomic mass is 10.1. The van der Waals surface area contributed by atoms with E-state index in [-0.39, 0.29) is 17.2 Å². The van der Waals surface area contributed by atoms with Crippen LogP contribution >= 0.6 is 35.0 Å². The summed E-state index contributed by atoms with van der Waals surface area (Å²) in [7, 11) is 0. The molecule has 0 aromatic heterocycles. The number of esters is 1. The average molecular weight is 466 g/mol. The maximum atomic E-state index is 12.8. The summed E-state index contributed by atoms with van der Waals surface area (Å²) in [4.78, 5) is 37.8. The van der Waals surface area contributed by atoms with Gasteiger partial charge >= 0.3 is 5.97 Å². The number of ether oxygens (including phenoxy) is 2. The first kappa shape index (κ1) is 22.2. The molecule has 1 aliphatic rings. The molecule has 0 aliphatic carbocycles. The lowest BCUT2D eigenvalue weighted by Crippen LogP contribution is -2.27. The highest BCUT2D eigenvalue weighted by Crippen LogP contribution is 2.37. The van der Waals surface area contributed by atoms with E-state index < -0.39 is 17.1 Å². The molecule has 2 amide bonds. The fraction of sp³-hybridized carbons (Fsp3) is 0.190. The largest absolute Gasteiger partial charge is 0.490 e. The van der Waals surface area contributed by atoms with Crippen LogP contribution in [0.3, 0.4) is 0 Å². The van der Waals surface area contributed by atoms with Crippen molar-refractivity contribution in [1.29, 1.82) is 0 Å². The molecule has 1 heterocycles. The Labute approximate surface area is 187 Å². The van der Waals surface area contributed by atoms with Crippen molar-refractivity contribution in [3.63, 3.8) is 0 Å². The molecule has 0 bridgehead atoms. The minimum Gasteiger partial charge on any atom is -0.490 e. The summed E-state index contributed by atoms with van der Waals surface area (Å²) in [5.41, 5.74) is 1.13. The van der Waals surface area contributed by atoms with Crippen LogP contribution in [0.25, 0.3) is 6.08 Å². The Kier molecular flexibility index (Phi) is 7.07. The quantitative estimate of drug-likeness (QED) is 0.316. The number of hydrogen-bond donors (Lipinski definition) is 0. The van der Waals surface area contributed by atoms with E-state index in [1.165, 1.54) is 6.92 Å². The minimum absolute atomic E-state index is 0.0178. The van der Waals surface area contributed by atoms with E-state index in [9.17, 15) is 14.4 Å². The zero-order valence-corrected chi connectivity index (χ0v) is 18.4. The molecule has 0 N–H and O–H groups in total. The summed E-state index contributed by atoms with van der Waals surface area (Å²) in [5, 5.41) is 0.352. The molecule has 156 valence electrons. The van der Waals surface area contributed by atoms with Crippen LogP contribution in [0.2, 0.25) is 10.0 Å². The molecule has 0 radical (unpaired) electrons. The standard InChI is InChI=1S/C21H17Cl2NO5S/c1-3-28-18-9-13(7-8-17(18)29-12(2)25)10-19-20(26)24(21(27)30-19)11-14-15(22)5-4-6-16(14)23/h4-10H,3,11H2,1-2H3/b19-10-. The number of thioether (sulfide) groups is 1. The number of hydrogen-bond acceptors (Lipinski definition) is 6. The van der Waals surface area contributed by atoms with Gasteiger partial charge in [-0.15, -0.1) is 0 Å². The lowest BCUT2D eigenvalue weighted by molar-refractivity contribution is -0.132. The van der Waals surface area contributed by atoms with E-state index in [0.717, 1.165) is 16.7 Å². The van der Waals surface area contributed by atoms with Gasteiger partial charge in [-0.25, -0.2) is 0 Å². The highest BCUT2D eigenvalue weighted by atomic mass is 35.5. The Balaban J connectivity index is 1.86. The van der Waals surface area contributed by atoms with Gasteiger partial charge in [0.2, 0.25) is 0 Å². The average Bonchev–Trinajstić information content (AvgIpc) is 2.93. The molecule has 1 fully saturated rings. The molecule has 0 saturated carbocycles. The summed E-state index contributed by atoms with van der Waals surface area (Å²) in [6, 6.07) is 9.87. The van der Waals surface area contributed by atoms with Gasteiger partial charge in [-0.3, -0.25) is 19.3 Å². The van der Waals surface area contributed by atoms with E-state index in [2.05, 4.69) is 0 Å². The molecule has 1 aliphatic heterocycles. The van der Waals surface area contributed by atoms with Crippen LogP contribution in [0.1, 0.15) is 25.0 Å². The van der Waals surface area contributed by atoms with Gasteiger partial charge in [-0.2, -0.15) is 0 Å². The fourth-order valence-electron chi connectivity index (χ4n) is 2.75. The molecule has 30 heavy (non-hydrogen) atoms. The third-order valence-corrected chi connectivity index (χ3v) is 5.69. The zero-order valence-electron chi connectivity index (χ0n) is 16.1. The van der Waals surface area contributed by atoms with Gasteiger partial charge in [0.1, 0.15) is 0 Å². The van der Waals surface area contributed by atoms with Gasteiger partial charge in [-0.1, -0.05) is 35.3 Å². The number of amides is 2. The number of nitrogens with zero attached hydrogens (tertiary/aromatic N) is 1. The third kappa shape index (κ3) is 4.98. The van der Waals surface area contributed by atoms with Crippen LogP contribution < -0.4 is 9.47 Å². The highest BCUT2D eigenvalue weighted by molar-refractivity contribution is 8.18. The van der Waals surface area contributed by atoms with Crippen molar-refractivity contribution in [2.45, 2.75) is 20.4 Å². The van der Waals surface area contributed by atoms with Crippen molar-refractivity contribution < 1.29 is 23.9 Å². The Morgan fingerprint density at radius 1 is 1.13 bits per heavy atom. The Morgan fingerprint density at radius 2 is 1.83 bits per heavy atom. The fourth-order valence-corrected chi connectivity index (χ4v) is 4.11. The smallest absolute Gasteiger partial charge is 0.308 e. The summed E-state index contributed by atoms with van der Waals surface area (Å²) in [6.45, 7) is 3.45. The topological polar surface area (TPSA) is 72.9 Å². The van der Waals surface area contributed by atoms with E-state index in [1.54, 1.807) is 49.4 Å². The molecule has 3 rings (SSSR count). The molecule has 9 heteroatoms. The first-order chi connectivity index (χ1) is 14.3. The van der Waals surface area contributed by atoms with Crippen LogP contribution in [0, 0.1) is 0 Å². The van der Waals surface area contributed by atoms with E-state index >= 15 is 0 Å². The number of halogens is 2. The monoisotopic (exact) mass is 465 g/mol. The van der Waals surface area contributed by atoms with Crippen molar-refractivity contribution >= 4 is 58.2 Å². The second-order valence-electron chi connectivity index (χ2n) is 6.20. The maximum absolute atomic E-state index is 12.8. The van der Waals surface area contributed by atoms with Crippen LogP contribution in [0.4, 0.5) is 4.79 Å². The van der Waals surface area contributed by atoms with Crippen molar-refractivity contribution in [2.75, 3.05) is 6.61 Å². The number of imide groups is 1. The molecular formula is C21H17Cl2NO5S. The number of rotatable bonds is 6. The Hall–Kier alpha value is -2.48. The number of carbonyl (C=O) groups is 3. The third-order valence-electron chi connectivity index (χ3n) is 4.07. The highest BCUT2D eigenvalue weighted by Gasteiger charge is 2.35. The van der Waals surface area contributed by atoms with Gasteiger partial charge in [0.05, 0.1) is 18.1 Å². The van der Waals surface area contributed by atoms with Crippen LogP contribution in [0.15, 0.2) is 41.3 Å². The van der Waals surface area contributed by atoms with Gasteiger partial charge in [0, 0.05) is 22.5 Å². The molecule has 6 nitrogen and oxygen atoms in total. The zero-order chi connectivity index (χ0) is 21.8. The molecule has 0 atom stereocenters. The van der Waals surface area contributed by atoms with Crippen molar-refractivity contribution in [3.05, 3.63) is 62.5 Å². The summed E-state index contributed by atoms with van der Waals surface area (Å²) in [6.07, 6.45) is 1.58. The van der Waals surface area contributed by atoms with Gasteiger partial charge in [0.25, 0.3) is 11.1 Å². The van der Waals surface area contributed by atoms with E-state index in [1.807, 2.05) is 0 Å². The second-order valence-corrected chi connectivity index (χ2v) is 8.01. The molecule has 2 aromatic carbocycles. The van der Waals surface area contributed by atoms with Crippen LogP contribution in [0.5, 0.6) is 11.5 Å². The number of carbonyl (C=O) groups excluding carboxylic acids is 3. The molecule has 2 aromatic rings. The summed E-state index contributed by atoms with van der Waals surface area (Å²) >= 11 is 13.2. The molecule has 1 saturated heterocycles. The van der Waals surface area contributed by atoms with Crippen molar-refractivity contribution in [2.24, 2.45) is 0 Å². The Bertz CT molecular complexity index is 1030. The van der Waals surface area contributed by atoms with E-state index in [4.69, 9.17) is 32.7 Å². The SMILES string of the molecule is CCOc1cc(/C=C2\SC(=O)N(Cc3c(Cl)cccc3Cl)C2=O)ccc1OC(C)=O. The molecule has 0 spiro atoms. The first-order valence-corrected chi connectivity index (χ1v) is 10.5. The predicted octanol–water partition coefficient (Wildman–Crippen LogP) is 5.55. The lowest BCUT2D eigenvalue weighted by Gasteiger charge is -2.14. The van der Waals surface area contributed by atoms with Crippen LogP contribution in [-0.4, -0.2) is 28.6 Å². The van der Waals surface area contributed by atoms with E-state index in [0.29, 0.717) is 33.5 Å². The predicted molar refractivity (Wildman–Crippen MR) is 117 cm³/mol. The van der Waals surface area contributed by atoms with Crippen molar-refractivity contribution in [3.8, 4) is 11.5 Å². The summed E-state index contributed by atoms with van der Waals surface area (Å²) in [5.74, 6) is -0.266. The van der Waals surface area contributed by atoms with Gasteiger partial charge < -0.3 is 9.47 Å². The number of benzene rings is 2. The van der Waals surface area contributed by atoms with Crippen LogP contribution in [-0.2, 0) is 16.1 Å². The normalized spacial score (nSPS) is 15.1. The second kappa shape index (κ2) is 9.55.